The van der Waals surface area contributed by atoms with Crippen molar-refractivity contribution in [3.8, 4) is 0 Å². The summed E-state index contributed by atoms with van der Waals surface area (Å²) in [6.07, 6.45) is -0.0895. The van der Waals surface area contributed by atoms with Crippen LogP contribution >= 0.6 is 0 Å². The van der Waals surface area contributed by atoms with Crippen molar-refractivity contribution in [2.24, 2.45) is 0 Å². The number of rotatable bonds is 7. The Labute approximate surface area is 198 Å². The summed E-state index contributed by atoms with van der Waals surface area (Å²) in [5.41, 5.74) is 0.888. The topological polar surface area (TPSA) is 142 Å². The Kier molecular flexibility index (Phi) is 6.26. The van der Waals surface area contributed by atoms with Crippen LogP contribution in [0.2, 0.25) is 0 Å². The maximum atomic E-state index is 12.9. The summed E-state index contributed by atoms with van der Waals surface area (Å²) in [5, 5.41) is 23.4. The van der Waals surface area contributed by atoms with Gasteiger partial charge in [0.25, 0.3) is 17.2 Å². The molecule has 178 valence electrons. The van der Waals surface area contributed by atoms with Crippen LogP contribution < -0.4 is 5.06 Å². The number of anilines is 1. The number of nitro groups is 2. The molecule has 1 fully saturated rings. The zero-order chi connectivity index (χ0) is 25.2. The summed E-state index contributed by atoms with van der Waals surface area (Å²) in [4.78, 5) is 52.5. The molecule has 0 bridgehead atoms. The molecule has 11 heteroatoms. The van der Waals surface area contributed by atoms with Gasteiger partial charge in [-0.2, -0.15) is 0 Å². The standard InChI is InChI=1S/C24H19N3O8/c1-16(28)24(34-23(29)18-9-13-21(14-10-18)27(32)33)15-22(17-7-11-20(12-8-17)26(30)31)25(35-24)19-5-3-2-4-6-19/h2-14,22H,15H2,1H3/t22-,24-/m1/s1. The van der Waals surface area contributed by atoms with Crippen LogP contribution in [0.5, 0.6) is 0 Å². The molecule has 0 spiro atoms. The highest BCUT2D eigenvalue weighted by molar-refractivity contribution is 5.94. The van der Waals surface area contributed by atoms with Crippen molar-refractivity contribution in [2.75, 3.05) is 5.06 Å². The van der Waals surface area contributed by atoms with Gasteiger partial charge in [0, 0.05) is 31.2 Å². The van der Waals surface area contributed by atoms with Crippen LogP contribution in [-0.4, -0.2) is 27.4 Å². The smallest absolute Gasteiger partial charge is 0.341 e. The van der Waals surface area contributed by atoms with E-state index >= 15 is 0 Å². The minimum atomic E-state index is -1.98. The fourth-order valence-electron chi connectivity index (χ4n) is 3.74. The van der Waals surface area contributed by atoms with Crippen molar-refractivity contribution < 1.29 is 29.0 Å². The predicted molar refractivity (Wildman–Crippen MR) is 122 cm³/mol. The first-order chi connectivity index (χ1) is 16.7. The van der Waals surface area contributed by atoms with Crippen LogP contribution in [0.15, 0.2) is 78.9 Å². The fraction of sp³-hybridized carbons (Fsp3) is 0.167. The number of ketones is 1. The lowest BCUT2D eigenvalue weighted by Gasteiger charge is -2.27. The average molecular weight is 477 g/mol. The van der Waals surface area contributed by atoms with E-state index in [1.165, 1.54) is 36.3 Å². The average Bonchev–Trinajstić information content (AvgIpc) is 3.25. The van der Waals surface area contributed by atoms with Crippen molar-refractivity contribution in [1.82, 2.24) is 0 Å². The molecule has 2 atom stereocenters. The van der Waals surface area contributed by atoms with Crippen molar-refractivity contribution in [2.45, 2.75) is 25.2 Å². The van der Waals surface area contributed by atoms with Gasteiger partial charge in [-0.15, -0.1) is 0 Å². The van der Waals surface area contributed by atoms with Gasteiger partial charge in [-0.1, -0.05) is 30.3 Å². The number of nitrogens with zero attached hydrogens (tertiary/aromatic N) is 3. The van der Waals surface area contributed by atoms with Crippen LogP contribution in [0.1, 0.15) is 35.3 Å². The van der Waals surface area contributed by atoms with Crippen LogP contribution in [0.3, 0.4) is 0 Å². The van der Waals surface area contributed by atoms with Crippen LogP contribution in [0.25, 0.3) is 0 Å². The van der Waals surface area contributed by atoms with E-state index in [-0.39, 0.29) is 23.4 Å². The van der Waals surface area contributed by atoms with E-state index in [0.717, 1.165) is 12.1 Å². The summed E-state index contributed by atoms with van der Waals surface area (Å²) in [7, 11) is 0. The Morgan fingerprint density at radius 1 is 0.914 bits per heavy atom. The maximum Gasteiger partial charge on any atom is 0.341 e. The summed E-state index contributed by atoms with van der Waals surface area (Å²) in [6, 6.07) is 18.8. The second kappa shape index (κ2) is 9.31. The van der Waals surface area contributed by atoms with E-state index in [1.54, 1.807) is 42.5 Å². The molecule has 0 aliphatic carbocycles. The molecular weight excluding hydrogens is 458 g/mol. The zero-order valence-corrected chi connectivity index (χ0v) is 18.4. The Bertz CT molecular complexity index is 1280. The van der Waals surface area contributed by atoms with E-state index in [2.05, 4.69) is 0 Å². The summed E-state index contributed by atoms with van der Waals surface area (Å²) < 4.78 is 5.58. The van der Waals surface area contributed by atoms with E-state index in [4.69, 9.17) is 9.57 Å². The Balaban J connectivity index is 1.68. The molecule has 0 saturated carbocycles. The molecule has 1 aliphatic rings. The molecular formula is C24H19N3O8. The number of para-hydroxylation sites is 1. The van der Waals surface area contributed by atoms with Gasteiger partial charge in [-0.3, -0.25) is 25.0 Å². The number of hydrogen-bond donors (Lipinski definition) is 0. The number of hydrogen-bond acceptors (Lipinski definition) is 9. The summed E-state index contributed by atoms with van der Waals surface area (Å²) in [6.45, 7) is 1.23. The van der Waals surface area contributed by atoms with Crippen molar-refractivity contribution in [1.29, 1.82) is 0 Å². The minimum absolute atomic E-state index is 0.00451. The van der Waals surface area contributed by atoms with Gasteiger partial charge >= 0.3 is 5.97 Å². The molecule has 35 heavy (non-hydrogen) atoms. The number of benzene rings is 3. The third-order valence-electron chi connectivity index (χ3n) is 5.60. The molecule has 3 aromatic rings. The molecule has 0 unspecified atom stereocenters. The molecule has 4 rings (SSSR count). The normalized spacial score (nSPS) is 19.2. The monoisotopic (exact) mass is 477 g/mol. The lowest BCUT2D eigenvalue weighted by molar-refractivity contribution is -0.385. The largest absolute Gasteiger partial charge is 0.419 e. The fourth-order valence-corrected chi connectivity index (χ4v) is 3.74. The van der Waals surface area contributed by atoms with Gasteiger partial charge in [0.05, 0.1) is 33.6 Å². The lowest BCUT2D eigenvalue weighted by atomic mass is 9.97. The molecule has 1 saturated heterocycles. The van der Waals surface area contributed by atoms with E-state index in [0.29, 0.717) is 11.3 Å². The number of carbonyl (C=O) groups is 2. The molecule has 0 aromatic heterocycles. The van der Waals surface area contributed by atoms with Gasteiger partial charge < -0.3 is 4.74 Å². The number of Topliss-reactive ketones (excluding diaryl/α,β-unsaturated/α-hetero) is 1. The van der Waals surface area contributed by atoms with E-state index in [1.807, 2.05) is 0 Å². The predicted octanol–water partition coefficient (Wildman–Crippen LogP) is 4.53. The summed E-state index contributed by atoms with van der Waals surface area (Å²) in [5.74, 6) is -3.45. The maximum absolute atomic E-state index is 12.9. The quantitative estimate of drug-likeness (QED) is 0.272. The molecule has 0 amide bonds. The third-order valence-corrected chi connectivity index (χ3v) is 5.60. The first kappa shape index (κ1) is 23.5. The van der Waals surface area contributed by atoms with E-state index < -0.39 is 33.4 Å². The second-order valence-corrected chi connectivity index (χ2v) is 7.82. The minimum Gasteiger partial charge on any atom is -0.419 e. The van der Waals surface area contributed by atoms with Crippen LogP contribution in [0.4, 0.5) is 17.1 Å². The molecule has 3 aromatic carbocycles. The number of carbonyl (C=O) groups excluding carboxylic acids is 2. The van der Waals surface area contributed by atoms with Crippen molar-refractivity contribution >= 4 is 28.8 Å². The Morgan fingerprint density at radius 3 is 1.97 bits per heavy atom. The Morgan fingerprint density at radius 2 is 1.46 bits per heavy atom. The van der Waals surface area contributed by atoms with Crippen molar-refractivity contribution in [3.05, 3.63) is 110 Å². The molecule has 1 heterocycles. The first-order valence-corrected chi connectivity index (χ1v) is 10.5. The van der Waals surface area contributed by atoms with Gasteiger partial charge in [0.15, 0.2) is 0 Å². The van der Waals surface area contributed by atoms with Gasteiger partial charge in [0.2, 0.25) is 5.78 Å². The number of ether oxygens (including phenoxy) is 1. The van der Waals surface area contributed by atoms with Crippen molar-refractivity contribution in [3.63, 3.8) is 0 Å². The summed E-state index contributed by atoms with van der Waals surface area (Å²) >= 11 is 0. The molecule has 1 aliphatic heterocycles. The number of esters is 1. The van der Waals surface area contributed by atoms with Gasteiger partial charge in [-0.25, -0.2) is 14.7 Å². The van der Waals surface area contributed by atoms with E-state index in [9.17, 15) is 29.8 Å². The molecule has 0 radical (unpaired) electrons. The highest BCUT2D eigenvalue weighted by atomic mass is 16.8. The number of nitro benzene ring substituents is 2. The first-order valence-electron chi connectivity index (χ1n) is 10.5. The SMILES string of the molecule is CC(=O)[C@@]1(OC(=O)c2ccc([N+](=O)[O-])cc2)C[C@H](c2ccc([N+](=O)[O-])cc2)N(c2ccccc2)O1. The second-order valence-electron chi connectivity index (χ2n) is 7.82. The molecule has 11 nitrogen and oxygen atoms in total. The Hall–Kier alpha value is -4.64. The lowest BCUT2D eigenvalue weighted by Crippen LogP contribution is -2.43. The highest BCUT2D eigenvalue weighted by Gasteiger charge is 2.53. The number of non-ortho nitro benzene ring substituents is 2. The van der Waals surface area contributed by atoms with Crippen LogP contribution in [0, 0.1) is 20.2 Å². The van der Waals surface area contributed by atoms with Crippen LogP contribution in [-0.2, 0) is 14.4 Å². The molecule has 0 N–H and O–H groups in total. The highest BCUT2D eigenvalue weighted by Crippen LogP contribution is 2.45. The third kappa shape index (κ3) is 4.70. The zero-order valence-electron chi connectivity index (χ0n) is 18.4. The number of hydroxylamine groups is 1. The van der Waals surface area contributed by atoms with Gasteiger partial charge in [-0.05, 0) is 29.8 Å². The van der Waals surface area contributed by atoms with Gasteiger partial charge in [0.1, 0.15) is 0 Å².